The molecule has 0 radical (unpaired) electrons. The van der Waals surface area contributed by atoms with Crippen LogP contribution in [-0.2, 0) is 6.42 Å². The molecule has 100 valence electrons. The van der Waals surface area contributed by atoms with Gasteiger partial charge in [0.05, 0.1) is 7.11 Å². The van der Waals surface area contributed by atoms with E-state index in [1.807, 2.05) is 0 Å². The molecule has 6 heteroatoms. The maximum Gasteiger partial charge on any atom is 0.216 e. The van der Waals surface area contributed by atoms with Crippen LogP contribution >= 0.6 is 38.5 Å². The Morgan fingerprint density at radius 2 is 2.16 bits per heavy atom. The highest BCUT2D eigenvalue weighted by Gasteiger charge is 2.14. The molecule has 0 saturated heterocycles. The third-order valence-corrected chi connectivity index (χ3v) is 4.35. The molecule has 0 bridgehead atoms. The molecule has 2 rings (SSSR count). The van der Waals surface area contributed by atoms with Crippen molar-refractivity contribution in [2.75, 3.05) is 7.11 Å². The van der Waals surface area contributed by atoms with E-state index in [1.54, 1.807) is 19.2 Å². The number of halogens is 3. The topological polar surface area (TPSA) is 35.0 Å². The third kappa shape index (κ3) is 3.85. The molecule has 1 unspecified atom stereocenters. The number of nitrogens with zero attached hydrogens (tertiary/aromatic N) is 2. The number of benzene rings is 1. The summed E-state index contributed by atoms with van der Waals surface area (Å²) in [6.07, 6.45) is 2.16. The molecule has 1 atom stereocenters. The summed E-state index contributed by atoms with van der Waals surface area (Å²) in [5.74, 6) is 0.315. The average Bonchev–Trinajstić information content (AvgIpc) is 2.38. The summed E-state index contributed by atoms with van der Waals surface area (Å²) in [6, 6.07) is 6.57. The Kier molecular flexibility index (Phi) is 5.09. The van der Waals surface area contributed by atoms with Crippen molar-refractivity contribution in [3.05, 3.63) is 51.2 Å². The summed E-state index contributed by atoms with van der Waals surface area (Å²) < 4.78 is 19.0. The zero-order valence-electron chi connectivity index (χ0n) is 10.1. The molecule has 2 aromatic rings. The second-order valence-corrected chi connectivity index (χ2v) is 6.16. The maximum absolute atomic E-state index is 13.1. The molecule has 0 N–H and O–H groups in total. The van der Waals surface area contributed by atoms with E-state index in [0.717, 1.165) is 14.8 Å². The minimum absolute atomic E-state index is 0.0691. The number of hydrogen-bond acceptors (Lipinski definition) is 3. The van der Waals surface area contributed by atoms with Crippen molar-refractivity contribution < 1.29 is 9.13 Å². The van der Waals surface area contributed by atoms with Crippen LogP contribution in [0.25, 0.3) is 0 Å². The van der Waals surface area contributed by atoms with Crippen LogP contribution in [-0.4, -0.2) is 17.1 Å². The van der Waals surface area contributed by atoms with Crippen LogP contribution in [0, 0.1) is 9.39 Å². The van der Waals surface area contributed by atoms with Gasteiger partial charge in [-0.3, -0.25) is 0 Å². The maximum atomic E-state index is 13.1. The van der Waals surface area contributed by atoms with Crippen molar-refractivity contribution in [3.8, 4) is 5.88 Å². The zero-order chi connectivity index (χ0) is 13.8. The van der Waals surface area contributed by atoms with E-state index >= 15 is 0 Å². The predicted octanol–water partition coefficient (Wildman–Crippen LogP) is 3.91. The first-order chi connectivity index (χ1) is 9.10. The van der Waals surface area contributed by atoms with Crippen molar-refractivity contribution in [2.45, 2.75) is 11.2 Å². The normalized spacial score (nSPS) is 12.2. The highest BCUT2D eigenvalue weighted by molar-refractivity contribution is 14.1. The number of aromatic nitrogens is 2. The zero-order valence-corrected chi connectivity index (χ0v) is 13.9. The number of hydrogen-bond donors (Lipinski definition) is 0. The van der Waals surface area contributed by atoms with Crippen molar-refractivity contribution in [3.63, 3.8) is 0 Å². The lowest BCUT2D eigenvalue weighted by atomic mass is 10.1. The standard InChI is InChI=1S/C13H11BrFIN2O/c1-19-13-6-9(17-7-18-13)5-11(14)10-3-2-8(15)4-12(10)16/h2-4,6-7,11H,5H2,1H3. The fraction of sp³-hybridized carbons (Fsp3) is 0.231. The second kappa shape index (κ2) is 6.60. The molecule has 3 nitrogen and oxygen atoms in total. The van der Waals surface area contributed by atoms with Gasteiger partial charge in [0.15, 0.2) is 0 Å². The van der Waals surface area contributed by atoms with Gasteiger partial charge in [0.1, 0.15) is 12.1 Å². The summed E-state index contributed by atoms with van der Waals surface area (Å²) in [4.78, 5) is 8.24. The Morgan fingerprint density at radius 3 is 2.84 bits per heavy atom. The molecule has 1 aromatic heterocycles. The highest BCUT2D eigenvalue weighted by Crippen LogP contribution is 2.30. The monoisotopic (exact) mass is 436 g/mol. The number of ether oxygens (including phenoxy) is 1. The van der Waals surface area contributed by atoms with Gasteiger partial charge in [0.2, 0.25) is 5.88 Å². The van der Waals surface area contributed by atoms with E-state index in [9.17, 15) is 4.39 Å². The van der Waals surface area contributed by atoms with E-state index in [1.165, 1.54) is 18.5 Å². The number of rotatable bonds is 4. The number of methoxy groups -OCH3 is 1. The Morgan fingerprint density at radius 1 is 1.37 bits per heavy atom. The molecule has 0 spiro atoms. The van der Waals surface area contributed by atoms with E-state index in [2.05, 4.69) is 48.5 Å². The van der Waals surface area contributed by atoms with Crippen molar-refractivity contribution in [1.29, 1.82) is 0 Å². The molecular formula is C13H11BrFIN2O. The minimum atomic E-state index is -0.225. The van der Waals surface area contributed by atoms with Crippen LogP contribution < -0.4 is 4.74 Å². The van der Waals surface area contributed by atoms with Crippen LogP contribution in [0.15, 0.2) is 30.6 Å². The molecule has 0 aliphatic carbocycles. The van der Waals surface area contributed by atoms with Crippen molar-refractivity contribution in [1.82, 2.24) is 9.97 Å². The lowest BCUT2D eigenvalue weighted by Gasteiger charge is -2.12. The van der Waals surface area contributed by atoms with E-state index < -0.39 is 0 Å². The molecule has 0 saturated carbocycles. The van der Waals surface area contributed by atoms with Gasteiger partial charge in [0, 0.05) is 26.6 Å². The van der Waals surface area contributed by atoms with Gasteiger partial charge in [-0.15, -0.1) is 0 Å². The first-order valence-corrected chi connectivity index (χ1v) is 7.53. The Hall–Kier alpha value is -0.760. The summed E-state index contributed by atoms with van der Waals surface area (Å²) in [5.41, 5.74) is 1.91. The molecule has 0 aliphatic rings. The van der Waals surface area contributed by atoms with Gasteiger partial charge >= 0.3 is 0 Å². The van der Waals surface area contributed by atoms with Gasteiger partial charge in [-0.25, -0.2) is 14.4 Å². The van der Waals surface area contributed by atoms with Gasteiger partial charge < -0.3 is 4.74 Å². The molecule has 0 aliphatic heterocycles. The Bertz CT molecular complexity index is 582. The molecule has 19 heavy (non-hydrogen) atoms. The average molecular weight is 437 g/mol. The van der Waals surface area contributed by atoms with Crippen LogP contribution in [0.3, 0.4) is 0 Å². The van der Waals surface area contributed by atoms with Crippen LogP contribution in [0.1, 0.15) is 16.1 Å². The molecule has 0 amide bonds. The SMILES string of the molecule is COc1cc(CC(Br)c2ccc(F)cc2I)ncn1. The van der Waals surface area contributed by atoms with Gasteiger partial charge in [-0.1, -0.05) is 22.0 Å². The molecule has 1 aromatic carbocycles. The van der Waals surface area contributed by atoms with Crippen LogP contribution in [0.4, 0.5) is 4.39 Å². The third-order valence-electron chi connectivity index (χ3n) is 2.60. The molecule has 0 fully saturated rings. The second-order valence-electron chi connectivity index (χ2n) is 3.89. The predicted molar refractivity (Wildman–Crippen MR) is 83.1 cm³/mol. The minimum Gasteiger partial charge on any atom is -0.481 e. The summed E-state index contributed by atoms with van der Waals surface area (Å²) >= 11 is 5.75. The van der Waals surface area contributed by atoms with Crippen LogP contribution in [0.5, 0.6) is 5.88 Å². The summed E-state index contributed by atoms with van der Waals surface area (Å²) in [5, 5.41) is 0. The van der Waals surface area contributed by atoms with Gasteiger partial charge in [-0.05, 0) is 40.3 Å². The fourth-order valence-electron chi connectivity index (χ4n) is 1.65. The number of alkyl halides is 1. The van der Waals surface area contributed by atoms with Crippen molar-refractivity contribution >= 4 is 38.5 Å². The largest absolute Gasteiger partial charge is 0.481 e. The summed E-state index contributed by atoms with van der Waals surface area (Å²) in [6.45, 7) is 0. The van der Waals surface area contributed by atoms with Crippen molar-refractivity contribution in [2.24, 2.45) is 0 Å². The van der Waals surface area contributed by atoms with Gasteiger partial charge in [0.25, 0.3) is 0 Å². The first kappa shape index (κ1) is 14.6. The van der Waals surface area contributed by atoms with E-state index in [-0.39, 0.29) is 10.6 Å². The smallest absolute Gasteiger partial charge is 0.216 e. The highest BCUT2D eigenvalue weighted by atomic mass is 127. The fourth-order valence-corrected chi connectivity index (χ4v) is 3.66. The summed E-state index contributed by atoms with van der Waals surface area (Å²) in [7, 11) is 1.57. The molecule has 1 heterocycles. The Labute approximate surface area is 132 Å². The van der Waals surface area contributed by atoms with Gasteiger partial charge in [-0.2, -0.15) is 0 Å². The van der Waals surface area contributed by atoms with E-state index in [4.69, 9.17) is 4.74 Å². The first-order valence-electron chi connectivity index (χ1n) is 5.54. The Balaban J connectivity index is 2.17. The lowest BCUT2D eigenvalue weighted by molar-refractivity contribution is 0.396. The molecular weight excluding hydrogens is 426 g/mol. The van der Waals surface area contributed by atoms with Crippen LogP contribution in [0.2, 0.25) is 0 Å². The van der Waals surface area contributed by atoms with E-state index in [0.29, 0.717) is 12.3 Å². The quantitative estimate of drug-likeness (QED) is 0.538. The lowest BCUT2D eigenvalue weighted by Crippen LogP contribution is -2.01.